The second kappa shape index (κ2) is 7.38. The van der Waals surface area contributed by atoms with E-state index in [-0.39, 0.29) is 6.04 Å². The largest absolute Gasteiger partial charge is 0.241 e. The van der Waals surface area contributed by atoms with E-state index in [2.05, 4.69) is 4.72 Å². The van der Waals surface area contributed by atoms with Crippen molar-refractivity contribution in [1.82, 2.24) is 4.72 Å². The van der Waals surface area contributed by atoms with Crippen LogP contribution in [-0.2, 0) is 10.0 Å². The van der Waals surface area contributed by atoms with E-state index in [1.54, 1.807) is 24.3 Å². The molecule has 22 heavy (non-hydrogen) atoms. The Labute approximate surface area is 132 Å². The second-order valence-corrected chi connectivity index (χ2v) is 6.93. The van der Waals surface area contributed by atoms with Crippen LogP contribution in [0.25, 0.3) is 6.08 Å². The van der Waals surface area contributed by atoms with Gasteiger partial charge in [-0.2, -0.15) is 0 Å². The van der Waals surface area contributed by atoms with E-state index in [1.807, 2.05) is 56.3 Å². The Morgan fingerprint density at radius 2 is 1.68 bits per heavy atom. The summed E-state index contributed by atoms with van der Waals surface area (Å²) in [6, 6.07) is 16.5. The van der Waals surface area contributed by atoms with Gasteiger partial charge in [-0.3, -0.25) is 0 Å². The fourth-order valence-electron chi connectivity index (χ4n) is 2.03. The Hall–Kier alpha value is -1.91. The van der Waals surface area contributed by atoms with Gasteiger partial charge in [-0.1, -0.05) is 67.1 Å². The van der Waals surface area contributed by atoms with Gasteiger partial charge in [-0.15, -0.1) is 0 Å². The number of rotatable bonds is 6. The molecule has 1 atom stereocenters. The van der Waals surface area contributed by atoms with Gasteiger partial charge in [0.05, 0.1) is 4.90 Å². The quantitative estimate of drug-likeness (QED) is 0.882. The molecular formula is C18H21NO2S. The molecule has 2 rings (SSSR count). The summed E-state index contributed by atoms with van der Waals surface area (Å²) in [5.41, 5.74) is 2.09. The monoisotopic (exact) mass is 315 g/mol. The second-order valence-electron chi connectivity index (χ2n) is 5.22. The molecular weight excluding hydrogens is 294 g/mol. The van der Waals surface area contributed by atoms with Gasteiger partial charge in [-0.05, 0) is 31.0 Å². The summed E-state index contributed by atoms with van der Waals surface area (Å²) in [4.78, 5) is 0.296. The van der Waals surface area contributed by atoms with Crippen LogP contribution in [0, 0.1) is 6.92 Å². The Bertz CT molecular complexity index is 719. The molecule has 0 aliphatic rings. The summed E-state index contributed by atoms with van der Waals surface area (Å²) < 4.78 is 27.5. The van der Waals surface area contributed by atoms with Crippen LogP contribution in [0.3, 0.4) is 0 Å². The first-order valence-electron chi connectivity index (χ1n) is 7.33. The van der Waals surface area contributed by atoms with Crippen LogP contribution in [0.1, 0.15) is 24.5 Å². The van der Waals surface area contributed by atoms with Gasteiger partial charge < -0.3 is 0 Å². The summed E-state index contributed by atoms with van der Waals surface area (Å²) in [6.45, 7) is 3.89. The zero-order chi connectivity index (χ0) is 16.0. The Balaban J connectivity index is 2.12. The molecule has 0 radical (unpaired) electrons. The highest BCUT2D eigenvalue weighted by atomic mass is 32.2. The van der Waals surface area contributed by atoms with Gasteiger partial charge in [-0.25, -0.2) is 13.1 Å². The highest BCUT2D eigenvalue weighted by Crippen LogP contribution is 2.12. The van der Waals surface area contributed by atoms with Crippen LogP contribution in [0.4, 0.5) is 0 Å². The number of sulfonamides is 1. The lowest BCUT2D eigenvalue weighted by Gasteiger charge is -2.13. The molecule has 0 aromatic heterocycles. The number of benzene rings is 2. The van der Waals surface area contributed by atoms with E-state index in [0.717, 1.165) is 11.1 Å². The van der Waals surface area contributed by atoms with Crippen molar-refractivity contribution in [3.63, 3.8) is 0 Å². The van der Waals surface area contributed by atoms with Crippen LogP contribution in [-0.4, -0.2) is 14.5 Å². The minimum atomic E-state index is -3.49. The van der Waals surface area contributed by atoms with Gasteiger partial charge >= 0.3 is 0 Å². The van der Waals surface area contributed by atoms with Crippen LogP contribution >= 0.6 is 0 Å². The highest BCUT2D eigenvalue weighted by Gasteiger charge is 2.17. The third-order valence-corrected chi connectivity index (χ3v) is 4.90. The maximum Gasteiger partial charge on any atom is 0.241 e. The summed E-state index contributed by atoms with van der Waals surface area (Å²) in [6.07, 6.45) is 4.52. The molecule has 0 fully saturated rings. The number of nitrogens with one attached hydrogen (secondary N) is 1. The van der Waals surface area contributed by atoms with E-state index in [0.29, 0.717) is 11.3 Å². The van der Waals surface area contributed by atoms with Gasteiger partial charge in [0.1, 0.15) is 0 Å². The summed E-state index contributed by atoms with van der Waals surface area (Å²) in [7, 11) is -3.49. The third-order valence-electron chi connectivity index (χ3n) is 3.40. The topological polar surface area (TPSA) is 46.2 Å². The van der Waals surface area contributed by atoms with E-state index in [1.165, 1.54) is 0 Å². The number of hydrogen-bond acceptors (Lipinski definition) is 2. The molecule has 0 aliphatic carbocycles. The van der Waals surface area contributed by atoms with E-state index < -0.39 is 10.0 Å². The fraction of sp³-hybridized carbons (Fsp3) is 0.222. The average Bonchev–Trinajstić information content (AvgIpc) is 2.52. The van der Waals surface area contributed by atoms with Crippen molar-refractivity contribution in [2.75, 3.05) is 0 Å². The predicted molar refractivity (Wildman–Crippen MR) is 91.1 cm³/mol. The lowest BCUT2D eigenvalue weighted by Crippen LogP contribution is -2.32. The zero-order valence-electron chi connectivity index (χ0n) is 12.9. The summed E-state index contributed by atoms with van der Waals surface area (Å²) >= 11 is 0. The van der Waals surface area contributed by atoms with E-state index >= 15 is 0 Å². The van der Waals surface area contributed by atoms with Gasteiger partial charge in [0.2, 0.25) is 10.0 Å². The minimum Gasteiger partial charge on any atom is -0.207 e. The van der Waals surface area contributed by atoms with Crippen molar-refractivity contribution >= 4 is 16.1 Å². The van der Waals surface area contributed by atoms with Crippen molar-refractivity contribution in [2.24, 2.45) is 0 Å². The molecule has 0 aliphatic heterocycles. The average molecular weight is 315 g/mol. The molecule has 2 aromatic carbocycles. The first-order valence-corrected chi connectivity index (χ1v) is 8.82. The Morgan fingerprint density at radius 3 is 2.27 bits per heavy atom. The third kappa shape index (κ3) is 4.55. The molecule has 0 amide bonds. The normalized spacial score (nSPS) is 13.4. The summed E-state index contributed by atoms with van der Waals surface area (Å²) in [5.74, 6) is 0. The Morgan fingerprint density at radius 1 is 1.05 bits per heavy atom. The van der Waals surface area contributed by atoms with Crippen molar-refractivity contribution < 1.29 is 8.42 Å². The summed E-state index contributed by atoms with van der Waals surface area (Å²) in [5, 5.41) is 0. The minimum absolute atomic E-state index is 0.230. The standard InChI is InChI=1S/C18H21NO2S/c1-3-17(12-11-16-7-5-4-6-8-16)19-22(20,21)18-13-9-15(2)10-14-18/h4-14,17,19H,3H2,1-2H3/b12-11+/t17-/m1/s1. The highest BCUT2D eigenvalue weighted by molar-refractivity contribution is 7.89. The van der Waals surface area contributed by atoms with Crippen molar-refractivity contribution in [1.29, 1.82) is 0 Å². The van der Waals surface area contributed by atoms with Crippen LogP contribution in [0.15, 0.2) is 65.6 Å². The van der Waals surface area contributed by atoms with Crippen LogP contribution in [0.2, 0.25) is 0 Å². The van der Waals surface area contributed by atoms with E-state index in [9.17, 15) is 8.42 Å². The first kappa shape index (κ1) is 16.5. The molecule has 0 spiro atoms. The molecule has 0 unspecified atom stereocenters. The molecule has 0 saturated heterocycles. The molecule has 2 aromatic rings. The lowest BCUT2D eigenvalue weighted by molar-refractivity contribution is 0.568. The lowest BCUT2D eigenvalue weighted by atomic mass is 10.1. The molecule has 4 heteroatoms. The van der Waals surface area contributed by atoms with Crippen molar-refractivity contribution in [3.8, 4) is 0 Å². The maximum atomic E-state index is 12.4. The molecule has 0 saturated carbocycles. The molecule has 0 heterocycles. The molecule has 0 bridgehead atoms. The fourth-order valence-corrected chi connectivity index (χ4v) is 3.31. The van der Waals surface area contributed by atoms with Crippen LogP contribution in [0.5, 0.6) is 0 Å². The maximum absolute atomic E-state index is 12.4. The Kier molecular flexibility index (Phi) is 5.52. The first-order chi connectivity index (χ1) is 10.5. The van der Waals surface area contributed by atoms with Crippen molar-refractivity contribution in [3.05, 3.63) is 71.8 Å². The number of hydrogen-bond donors (Lipinski definition) is 1. The predicted octanol–water partition coefficient (Wildman–Crippen LogP) is 3.77. The van der Waals surface area contributed by atoms with Gasteiger partial charge in [0.15, 0.2) is 0 Å². The number of aryl methyl sites for hydroxylation is 1. The molecule has 3 nitrogen and oxygen atoms in total. The molecule has 1 N–H and O–H groups in total. The van der Waals surface area contributed by atoms with Gasteiger partial charge in [0.25, 0.3) is 0 Å². The molecule has 116 valence electrons. The zero-order valence-corrected chi connectivity index (χ0v) is 13.7. The van der Waals surface area contributed by atoms with Crippen molar-refractivity contribution in [2.45, 2.75) is 31.2 Å². The van der Waals surface area contributed by atoms with E-state index in [4.69, 9.17) is 0 Å². The SMILES string of the molecule is CC[C@H](/C=C/c1ccccc1)NS(=O)(=O)c1ccc(C)cc1. The van der Waals surface area contributed by atoms with Gasteiger partial charge in [0, 0.05) is 6.04 Å². The smallest absolute Gasteiger partial charge is 0.207 e. The van der Waals surface area contributed by atoms with Crippen LogP contribution < -0.4 is 4.72 Å².